The van der Waals surface area contributed by atoms with Crippen LogP contribution in [0, 0.1) is 17.3 Å². The van der Waals surface area contributed by atoms with Gasteiger partial charge < -0.3 is 39.0 Å². The molecule has 10 atom stereocenters. The number of aliphatic hydroxyl groups is 2. The van der Waals surface area contributed by atoms with Crippen LogP contribution in [0.25, 0.3) is 10.9 Å². The number of aromatic nitrogens is 1. The summed E-state index contributed by atoms with van der Waals surface area (Å²) in [7, 11) is 5.31. The third kappa shape index (κ3) is 5.07. The summed E-state index contributed by atoms with van der Waals surface area (Å²) >= 11 is 0. The van der Waals surface area contributed by atoms with E-state index in [4.69, 9.17) is 18.9 Å². The molecule has 320 valence electrons. The first kappa shape index (κ1) is 40.6. The Morgan fingerprint density at radius 3 is 2.38 bits per heavy atom. The number of piperidine rings is 1. The van der Waals surface area contributed by atoms with Gasteiger partial charge in [-0.2, -0.15) is 0 Å². The van der Waals surface area contributed by atoms with Crippen molar-refractivity contribution in [2.24, 2.45) is 17.3 Å². The molecule has 2 saturated heterocycles. The van der Waals surface area contributed by atoms with Crippen LogP contribution in [-0.4, -0.2) is 134 Å². The average Bonchev–Trinajstić information content (AvgIpc) is 3.94. The molecule has 1 amide bonds. The number of methoxy groups -OCH3 is 4. The number of esters is 3. The summed E-state index contributed by atoms with van der Waals surface area (Å²) in [6.07, 6.45) is 7.16. The first-order valence-corrected chi connectivity index (χ1v) is 21.2. The van der Waals surface area contributed by atoms with Crippen LogP contribution in [0.4, 0.5) is 5.69 Å². The van der Waals surface area contributed by atoms with E-state index in [0.717, 1.165) is 16.5 Å². The number of carbonyl (C=O) groups excluding carboxylic acids is 4. The standard InChI is InChI=1S/C46H56N4O10/c1-7-42(55)22-27-23-45(40(53)59-5,36-29(14-18-48(24-27)25-42)28-12-9-10-13-32(28)47-36)31-20-30-33(21-34(31)57-3)50(26-51)39-44(30)16-19-49-17-11-15-43(8-2,38(44)49)35(37(52)58-4)46(39,56)41(54)60-6/h9-13,15,20-21,26-27,35,38-39,47,55-56H,7-8,14,16-19,22-25H2,1-6H3/t27?,35-,38?,39-,42?,43?,44?,45?,46-/m1/s1. The van der Waals surface area contributed by atoms with E-state index >= 15 is 4.79 Å². The molecule has 9 rings (SSSR count). The molecule has 14 heteroatoms. The Morgan fingerprint density at radius 2 is 1.70 bits per heavy atom. The van der Waals surface area contributed by atoms with Crippen LogP contribution in [0.15, 0.2) is 48.6 Å². The van der Waals surface area contributed by atoms with Gasteiger partial charge in [-0.1, -0.05) is 44.2 Å². The number of H-pyrrole nitrogens is 1. The molecule has 6 heterocycles. The van der Waals surface area contributed by atoms with Crippen LogP contribution in [0.1, 0.15) is 68.3 Å². The molecule has 60 heavy (non-hydrogen) atoms. The lowest BCUT2D eigenvalue weighted by Gasteiger charge is -2.63. The largest absolute Gasteiger partial charge is 0.496 e. The molecule has 1 aliphatic carbocycles. The van der Waals surface area contributed by atoms with Crippen molar-refractivity contribution in [1.29, 1.82) is 0 Å². The van der Waals surface area contributed by atoms with Crippen LogP contribution < -0.4 is 9.64 Å². The third-order valence-electron chi connectivity index (χ3n) is 15.7. The Morgan fingerprint density at radius 1 is 0.933 bits per heavy atom. The van der Waals surface area contributed by atoms with Crippen LogP contribution in [-0.2, 0) is 50.6 Å². The molecular weight excluding hydrogens is 769 g/mol. The number of ether oxygens (including phenoxy) is 4. The van der Waals surface area contributed by atoms with Crippen molar-refractivity contribution in [2.45, 2.75) is 86.5 Å². The number of rotatable bonds is 8. The highest BCUT2D eigenvalue weighted by atomic mass is 16.5. The minimum atomic E-state index is -2.57. The van der Waals surface area contributed by atoms with Crippen molar-refractivity contribution in [3.8, 4) is 5.75 Å². The van der Waals surface area contributed by atoms with Gasteiger partial charge in [0.2, 0.25) is 6.41 Å². The normalized spacial score (nSPS) is 36.5. The summed E-state index contributed by atoms with van der Waals surface area (Å²) in [4.78, 5) is 67.3. The van der Waals surface area contributed by atoms with Crippen molar-refractivity contribution >= 4 is 40.9 Å². The minimum absolute atomic E-state index is 0.159. The van der Waals surface area contributed by atoms with Gasteiger partial charge in [-0.25, -0.2) is 4.79 Å². The van der Waals surface area contributed by atoms with Crippen LogP contribution in [0.3, 0.4) is 0 Å². The second-order valence-electron chi connectivity index (χ2n) is 18.1. The molecule has 14 nitrogen and oxygen atoms in total. The summed E-state index contributed by atoms with van der Waals surface area (Å²) in [6.45, 7) is 6.87. The van der Waals surface area contributed by atoms with Crippen molar-refractivity contribution in [2.75, 3.05) is 66.1 Å². The Balaban J connectivity index is 1.39. The number of para-hydroxylation sites is 1. The van der Waals surface area contributed by atoms with Gasteiger partial charge in [-0.05, 0) is 74.2 Å². The van der Waals surface area contributed by atoms with Crippen LogP contribution in [0.2, 0.25) is 0 Å². The Kier molecular flexibility index (Phi) is 9.58. The van der Waals surface area contributed by atoms with Gasteiger partial charge in [-0.3, -0.25) is 24.2 Å². The Hall–Kier alpha value is -4.76. The molecule has 1 saturated carbocycles. The van der Waals surface area contributed by atoms with Crippen molar-refractivity contribution < 1.29 is 48.3 Å². The van der Waals surface area contributed by atoms with E-state index in [2.05, 4.69) is 20.9 Å². The molecule has 3 fully saturated rings. The van der Waals surface area contributed by atoms with Gasteiger partial charge in [-0.15, -0.1) is 0 Å². The second kappa shape index (κ2) is 14.1. The number of hydrogen-bond acceptors (Lipinski definition) is 12. The van der Waals surface area contributed by atoms with Gasteiger partial charge in [0.1, 0.15) is 17.1 Å². The van der Waals surface area contributed by atoms with Gasteiger partial charge >= 0.3 is 17.9 Å². The Labute approximate surface area is 349 Å². The summed E-state index contributed by atoms with van der Waals surface area (Å²) in [5, 5.41) is 26.3. The molecule has 0 radical (unpaired) electrons. The number of benzene rings is 2. The molecule has 1 aromatic heterocycles. The van der Waals surface area contributed by atoms with Crippen molar-refractivity contribution in [1.82, 2.24) is 14.8 Å². The Bertz CT molecular complexity index is 2310. The highest BCUT2D eigenvalue weighted by Crippen LogP contribution is 2.69. The van der Waals surface area contributed by atoms with E-state index in [1.165, 1.54) is 33.3 Å². The first-order chi connectivity index (χ1) is 28.8. The zero-order chi connectivity index (χ0) is 42.6. The number of anilines is 1. The summed E-state index contributed by atoms with van der Waals surface area (Å²) in [5.74, 6) is -3.64. The van der Waals surface area contributed by atoms with E-state index < -0.39 is 63.4 Å². The maximum absolute atomic E-state index is 15.3. The number of nitrogens with one attached hydrogen (secondary N) is 1. The highest BCUT2D eigenvalue weighted by molar-refractivity contribution is 5.98. The lowest BCUT2D eigenvalue weighted by atomic mass is 9.44. The quantitative estimate of drug-likeness (QED) is 0.131. The fraction of sp³-hybridized carbons (Fsp3) is 0.565. The van der Waals surface area contributed by atoms with Gasteiger partial charge in [0, 0.05) is 71.3 Å². The van der Waals surface area contributed by atoms with Crippen molar-refractivity contribution in [3.05, 3.63) is 70.9 Å². The fourth-order valence-electron chi connectivity index (χ4n) is 13.6. The van der Waals surface area contributed by atoms with E-state index in [9.17, 15) is 24.6 Å². The maximum Gasteiger partial charge on any atom is 0.341 e. The second-order valence-corrected chi connectivity index (χ2v) is 18.1. The highest BCUT2D eigenvalue weighted by Gasteiger charge is 2.81. The van der Waals surface area contributed by atoms with Gasteiger partial charge in [0.15, 0.2) is 5.60 Å². The SMILES string of the molecule is CCC1(O)CC2CN(CCc3c([nH]c4ccccc34)C(C(=O)OC)(c3cc4c(cc3OC)N(C=O)[C@@H]3C45CCN4CC=CC(CC)(C45)[C@@H](C(=O)OC)[C@]3(O)C(=O)OC)C2)C1. The predicted octanol–water partition coefficient (Wildman–Crippen LogP) is 3.38. The number of amides is 1. The molecule has 1 spiro atoms. The number of hydrogen-bond donors (Lipinski definition) is 3. The smallest absolute Gasteiger partial charge is 0.341 e. The number of nitrogens with zero attached hydrogens (tertiary/aromatic N) is 3. The third-order valence-corrected chi connectivity index (χ3v) is 15.7. The van der Waals surface area contributed by atoms with Crippen LogP contribution in [0.5, 0.6) is 5.75 Å². The van der Waals surface area contributed by atoms with Crippen molar-refractivity contribution in [3.63, 3.8) is 0 Å². The molecular formula is C46H56N4O10. The van der Waals surface area contributed by atoms with Gasteiger partial charge in [0.25, 0.3) is 0 Å². The minimum Gasteiger partial charge on any atom is -0.496 e. The molecule has 2 aromatic carbocycles. The molecule has 6 aliphatic rings. The monoisotopic (exact) mass is 824 g/mol. The summed E-state index contributed by atoms with van der Waals surface area (Å²) < 4.78 is 23.0. The van der Waals surface area contributed by atoms with Gasteiger partial charge in [0.05, 0.1) is 45.8 Å². The molecule has 3 aromatic rings. The average molecular weight is 825 g/mol. The lowest BCUT2D eigenvalue weighted by molar-refractivity contribution is -0.210. The lowest BCUT2D eigenvalue weighted by Crippen LogP contribution is -2.80. The zero-order valence-corrected chi connectivity index (χ0v) is 35.3. The van der Waals surface area contributed by atoms with E-state index in [-0.39, 0.29) is 12.3 Å². The first-order valence-electron chi connectivity index (χ1n) is 21.2. The fourth-order valence-corrected chi connectivity index (χ4v) is 13.6. The maximum atomic E-state index is 15.3. The molecule has 2 bridgehead atoms. The van der Waals surface area contributed by atoms with E-state index in [0.29, 0.717) is 99.5 Å². The number of aromatic amines is 1. The van der Waals surface area contributed by atoms with E-state index in [1.54, 1.807) is 6.07 Å². The number of fused-ring (bicyclic) bond motifs is 6. The summed E-state index contributed by atoms with van der Waals surface area (Å²) in [5.41, 5.74) is -3.30. The van der Waals surface area contributed by atoms with E-state index in [1.807, 2.05) is 50.3 Å². The van der Waals surface area contributed by atoms with Crippen LogP contribution >= 0.6 is 0 Å². The molecule has 3 N–H and O–H groups in total. The molecule has 5 aliphatic heterocycles. The predicted molar refractivity (Wildman–Crippen MR) is 221 cm³/mol. The number of carbonyl (C=O) groups is 4. The zero-order valence-electron chi connectivity index (χ0n) is 35.3. The molecule has 7 unspecified atom stereocenters. The summed E-state index contributed by atoms with van der Waals surface area (Å²) in [6, 6.07) is 9.90. The topological polar surface area (TPSA) is 171 Å².